The van der Waals surface area contributed by atoms with Crippen LogP contribution in [0.3, 0.4) is 0 Å². The molecule has 0 aliphatic carbocycles. The zero-order valence-corrected chi connectivity index (χ0v) is 14.8. The molecular formula is C17H21ClN4O3. The molecule has 1 atom stereocenters. The second-order valence-corrected chi connectivity index (χ2v) is 7.36. The SMILES string of the molecule is CN1C(=O)COc2c1cc(Cl)c(N)c2C(=O)NC1CN2CCC1CC2. The molecule has 8 heteroatoms. The van der Waals surface area contributed by atoms with Crippen molar-refractivity contribution in [3.05, 3.63) is 16.7 Å². The van der Waals surface area contributed by atoms with Crippen molar-refractivity contribution >= 4 is 34.8 Å². The Kier molecular flexibility index (Phi) is 4.00. The number of nitrogens with zero attached hydrogens (tertiary/aromatic N) is 2. The molecule has 4 aliphatic rings. The van der Waals surface area contributed by atoms with E-state index < -0.39 is 0 Å². The van der Waals surface area contributed by atoms with E-state index in [1.54, 1.807) is 13.1 Å². The van der Waals surface area contributed by atoms with E-state index in [0.29, 0.717) is 17.4 Å². The van der Waals surface area contributed by atoms with Crippen molar-refractivity contribution in [1.29, 1.82) is 0 Å². The molecule has 3 N–H and O–H groups in total. The Morgan fingerprint density at radius 3 is 2.76 bits per heavy atom. The molecule has 5 rings (SSSR count). The van der Waals surface area contributed by atoms with Crippen LogP contribution >= 0.6 is 11.6 Å². The van der Waals surface area contributed by atoms with Gasteiger partial charge in [0, 0.05) is 19.6 Å². The highest BCUT2D eigenvalue weighted by atomic mass is 35.5. The molecule has 1 unspecified atom stereocenters. The van der Waals surface area contributed by atoms with Gasteiger partial charge in [-0.05, 0) is 37.9 Å². The summed E-state index contributed by atoms with van der Waals surface area (Å²) in [6, 6.07) is 1.67. The molecule has 0 saturated carbocycles. The molecule has 0 radical (unpaired) electrons. The number of anilines is 2. The number of carbonyl (C=O) groups is 2. The minimum absolute atomic E-state index is 0.104. The molecule has 25 heavy (non-hydrogen) atoms. The summed E-state index contributed by atoms with van der Waals surface area (Å²) in [5.74, 6) is 0.327. The number of hydrogen-bond acceptors (Lipinski definition) is 5. The molecule has 7 nitrogen and oxygen atoms in total. The summed E-state index contributed by atoms with van der Waals surface area (Å²) in [6.45, 7) is 2.94. The number of likely N-dealkylation sites (N-methyl/N-ethyl adjacent to an activating group) is 1. The van der Waals surface area contributed by atoms with Gasteiger partial charge in [0.15, 0.2) is 12.4 Å². The molecule has 4 heterocycles. The molecule has 0 aromatic heterocycles. The average molecular weight is 365 g/mol. The molecule has 0 spiro atoms. The number of amides is 2. The summed E-state index contributed by atoms with van der Waals surface area (Å²) in [4.78, 5) is 28.6. The number of nitrogens with one attached hydrogen (secondary N) is 1. The first-order valence-corrected chi connectivity index (χ1v) is 8.88. The lowest BCUT2D eigenvalue weighted by Crippen LogP contribution is -2.57. The van der Waals surface area contributed by atoms with Crippen molar-refractivity contribution in [2.75, 3.05) is 43.9 Å². The third kappa shape index (κ3) is 2.71. The van der Waals surface area contributed by atoms with Gasteiger partial charge >= 0.3 is 0 Å². The van der Waals surface area contributed by atoms with Crippen molar-refractivity contribution in [1.82, 2.24) is 10.2 Å². The van der Waals surface area contributed by atoms with Crippen molar-refractivity contribution < 1.29 is 14.3 Å². The molecule has 2 bridgehead atoms. The average Bonchev–Trinajstić information content (AvgIpc) is 2.61. The zero-order valence-electron chi connectivity index (χ0n) is 14.0. The summed E-state index contributed by atoms with van der Waals surface area (Å²) in [5, 5.41) is 3.35. The fraction of sp³-hybridized carbons (Fsp3) is 0.529. The van der Waals surface area contributed by atoms with Crippen LogP contribution in [0.15, 0.2) is 6.07 Å². The molecule has 1 aromatic rings. The van der Waals surface area contributed by atoms with Crippen LogP contribution in [0.5, 0.6) is 5.75 Å². The van der Waals surface area contributed by atoms with Crippen LogP contribution in [0.2, 0.25) is 5.02 Å². The number of hydrogen-bond donors (Lipinski definition) is 2. The van der Waals surface area contributed by atoms with Crippen LogP contribution in [0.4, 0.5) is 11.4 Å². The monoisotopic (exact) mass is 364 g/mol. The standard InChI is InChI=1S/C17H21ClN4O3/c1-21-12-6-10(18)15(19)14(16(12)25-8-13(21)23)17(24)20-11-7-22-4-2-9(11)3-5-22/h6,9,11H,2-5,7-8,19H2,1H3,(H,20,24). The Morgan fingerprint density at radius 1 is 1.40 bits per heavy atom. The highest BCUT2D eigenvalue weighted by Crippen LogP contribution is 2.42. The van der Waals surface area contributed by atoms with Gasteiger partial charge in [0.1, 0.15) is 5.56 Å². The van der Waals surface area contributed by atoms with Crippen LogP contribution in [0, 0.1) is 5.92 Å². The minimum atomic E-state index is -0.294. The number of nitrogen functional groups attached to an aromatic ring is 1. The fourth-order valence-corrected chi connectivity index (χ4v) is 4.19. The quantitative estimate of drug-likeness (QED) is 0.767. The highest BCUT2D eigenvalue weighted by molar-refractivity contribution is 6.35. The maximum Gasteiger partial charge on any atom is 0.264 e. The Labute approximate surface area is 151 Å². The van der Waals surface area contributed by atoms with Gasteiger partial charge in [-0.2, -0.15) is 0 Å². The molecule has 3 fully saturated rings. The van der Waals surface area contributed by atoms with Crippen LogP contribution < -0.4 is 20.7 Å². The van der Waals surface area contributed by atoms with Gasteiger partial charge in [-0.1, -0.05) is 11.6 Å². The predicted octanol–water partition coefficient (Wildman–Crippen LogP) is 1.10. The number of rotatable bonds is 2. The van der Waals surface area contributed by atoms with E-state index in [2.05, 4.69) is 10.2 Å². The molecule has 1 aromatic carbocycles. The third-order valence-corrected chi connectivity index (χ3v) is 5.84. The van der Waals surface area contributed by atoms with Crippen LogP contribution in [0.1, 0.15) is 23.2 Å². The summed E-state index contributed by atoms with van der Waals surface area (Å²) in [6.07, 6.45) is 2.20. The van der Waals surface area contributed by atoms with Gasteiger partial charge in [0.25, 0.3) is 11.8 Å². The van der Waals surface area contributed by atoms with E-state index in [1.807, 2.05) is 0 Å². The summed E-state index contributed by atoms with van der Waals surface area (Å²) in [7, 11) is 1.63. The van der Waals surface area contributed by atoms with Crippen molar-refractivity contribution in [3.8, 4) is 5.75 Å². The largest absolute Gasteiger partial charge is 0.481 e. The van der Waals surface area contributed by atoms with Crippen LogP contribution in [-0.2, 0) is 4.79 Å². The van der Waals surface area contributed by atoms with Crippen molar-refractivity contribution in [3.63, 3.8) is 0 Å². The van der Waals surface area contributed by atoms with Crippen molar-refractivity contribution in [2.24, 2.45) is 5.92 Å². The van der Waals surface area contributed by atoms with E-state index in [1.165, 1.54) is 4.90 Å². The van der Waals surface area contributed by atoms with Crippen LogP contribution in [0.25, 0.3) is 0 Å². The number of carbonyl (C=O) groups excluding carboxylic acids is 2. The number of benzene rings is 1. The second kappa shape index (κ2) is 6.07. The normalized spacial score (nSPS) is 27.7. The smallest absolute Gasteiger partial charge is 0.264 e. The van der Waals surface area contributed by atoms with Gasteiger partial charge < -0.3 is 25.6 Å². The highest BCUT2D eigenvalue weighted by Gasteiger charge is 2.37. The first kappa shape index (κ1) is 16.5. The minimum Gasteiger partial charge on any atom is -0.481 e. The van der Waals surface area contributed by atoms with Gasteiger partial charge in [-0.3, -0.25) is 9.59 Å². The topological polar surface area (TPSA) is 87.9 Å². The van der Waals surface area contributed by atoms with Gasteiger partial charge in [-0.25, -0.2) is 0 Å². The Hall–Kier alpha value is -1.99. The summed E-state index contributed by atoms with van der Waals surface area (Å²) >= 11 is 6.21. The van der Waals surface area contributed by atoms with Gasteiger partial charge in [0.2, 0.25) is 0 Å². The second-order valence-electron chi connectivity index (χ2n) is 6.95. The summed E-state index contributed by atoms with van der Waals surface area (Å²) in [5.41, 5.74) is 6.95. The molecule has 134 valence electrons. The zero-order chi connectivity index (χ0) is 17.7. The Bertz CT molecular complexity index is 746. The Balaban J connectivity index is 1.66. The molecular weight excluding hydrogens is 344 g/mol. The van der Waals surface area contributed by atoms with E-state index in [-0.39, 0.29) is 40.7 Å². The number of fused-ring (bicyclic) bond motifs is 4. The number of ether oxygens (including phenoxy) is 1. The maximum absolute atomic E-state index is 13.0. The predicted molar refractivity (Wildman–Crippen MR) is 95.2 cm³/mol. The lowest BCUT2D eigenvalue weighted by molar-refractivity contribution is -0.121. The molecule has 4 aliphatic heterocycles. The van der Waals surface area contributed by atoms with E-state index in [9.17, 15) is 9.59 Å². The first-order chi connectivity index (χ1) is 12.0. The Morgan fingerprint density at radius 2 is 2.12 bits per heavy atom. The molecule has 3 saturated heterocycles. The maximum atomic E-state index is 13.0. The number of halogens is 1. The van der Waals surface area contributed by atoms with Crippen molar-refractivity contribution in [2.45, 2.75) is 18.9 Å². The van der Waals surface area contributed by atoms with E-state index in [4.69, 9.17) is 22.1 Å². The van der Waals surface area contributed by atoms with Gasteiger partial charge in [0.05, 0.1) is 16.4 Å². The number of piperidine rings is 3. The van der Waals surface area contributed by atoms with Crippen LogP contribution in [-0.4, -0.2) is 56.0 Å². The fourth-order valence-electron chi connectivity index (χ4n) is 3.99. The summed E-state index contributed by atoms with van der Waals surface area (Å²) < 4.78 is 5.54. The lowest BCUT2D eigenvalue weighted by atomic mass is 9.84. The third-order valence-electron chi connectivity index (χ3n) is 5.52. The molecule has 2 amide bonds. The van der Waals surface area contributed by atoms with E-state index in [0.717, 1.165) is 32.5 Å². The van der Waals surface area contributed by atoms with Gasteiger partial charge in [-0.15, -0.1) is 0 Å². The lowest BCUT2D eigenvalue weighted by Gasteiger charge is -2.45. The first-order valence-electron chi connectivity index (χ1n) is 8.50. The number of nitrogens with two attached hydrogens (primary N) is 1. The van der Waals surface area contributed by atoms with E-state index >= 15 is 0 Å².